The van der Waals surface area contributed by atoms with Gasteiger partial charge in [0.25, 0.3) is 0 Å². The van der Waals surface area contributed by atoms with Gasteiger partial charge < -0.3 is 9.26 Å². The average molecular weight is 294 g/mol. The van der Waals surface area contributed by atoms with Crippen molar-refractivity contribution < 1.29 is 9.26 Å². The molecular formula is C15H26N4O2. The Hall–Kier alpha value is -0.980. The summed E-state index contributed by atoms with van der Waals surface area (Å²) in [6.45, 7) is 9.39. The predicted octanol–water partition coefficient (Wildman–Crippen LogP) is 1.66. The van der Waals surface area contributed by atoms with E-state index in [2.05, 4.69) is 33.8 Å². The highest BCUT2D eigenvalue weighted by atomic mass is 16.5. The number of rotatable bonds is 6. The first kappa shape index (κ1) is 14.9. The van der Waals surface area contributed by atoms with E-state index in [1.807, 2.05) is 0 Å². The summed E-state index contributed by atoms with van der Waals surface area (Å²) in [6, 6.07) is 0.735. The van der Waals surface area contributed by atoms with Crippen molar-refractivity contribution in [2.45, 2.75) is 44.7 Å². The van der Waals surface area contributed by atoms with Crippen LogP contribution >= 0.6 is 0 Å². The Morgan fingerprint density at radius 1 is 1.38 bits per heavy atom. The van der Waals surface area contributed by atoms with Crippen molar-refractivity contribution in [3.8, 4) is 0 Å². The van der Waals surface area contributed by atoms with E-state index in [9.17, 15) is 0 Å². The van der Waals surface area contributed by atoms with Crippen LogP contribution < -0.4 is 0 Å². The summed E-state index contributed by atoms with van der Waals surface area (Å²) in [5, 5.41) is 4.13. The second kappa shape index (κ2) is 6.42. The molecule has 0 spiro atoms. The largest absolute Gasteiger partial charge is 0.383 e. The van der Waals surface area contributed by atoms with Crippen molar-refractivity contribution in [3.05, 3.63) is 11.7 Å². The Morgan fingerprint density at radius 2 is 2.19 bits per heavy atom. The van der Waals surface area contributed by atoms with Crippen LogP contribution in [0.25, 0.3) is 0 Å². The molecule has 0 radical (unpaired) electrons. The molecule has 0 unspecified atom stereocenters. The van der Waals surface area contributed by atoms with Crippen LogP contribution in [0.15, 0.2) is 4.52 Å². The molecule has 1 saturated heterocycles. The molecule has 0 aromatic carbocycles. The quantitative estimate of drug-likeness (QED) is 0.795. The first-order valence-electron chi connectivity index (χ1n) is 7.99. The van der Waals surface area contributed by atoms with Crippen molar-refractivity contribution >= 4 is 0 Å². The SMILES string of the molecule is COCCN1CCN([C@H](C)c2nc(C3CC3)no2)C[C@H]1C. The number of ether oxygens (including phenoxy) is 1. The average Bonchev–Trinajstić information content (AvgIpc) is 3.23. The summed E-state index contributed by atoms with van der Waals surface area (Å²) in [5.74, 6) is 2.23. The van der Waals surface area contributed by atoms with Gasteiger partial charge in [0.1, 0.15) is 0 Å². The molecule has 21 heavy (non-hydrogen) atoms. The standard InChI is InChI=1S/C15H26N4O2/c1-11-10-19(7-6-18(11)8-9-20-3)12(2)15-16-14(17-21-15)13-4-5-13/h11-13H,4-10H2,1-3H3/t11-,12-/m1/s1. The van der Waals surface area contributed by atoms with Crippen LogP contribution in [-0.2, 0) is 4.74 Å². The number of hydrogen-bond acceptors (Lipinski definition) is 6. The molecule has 2 fully saturated rings. The van der Waals surface area contributed by atoms with Gasteiger partial charge in [-0.1, -0.05) is 5.16 Å². The molecule has 2 aliphatic rings. The normalized spacial score (nSPS) is 26.1. The third-order valence-electron chi connectivity index (χ3n) is 4.68. The molecule has 6 nitrogen and oxygen atoms in total. The number of piperazine rings is 1. The van der Waals surface area contributed by atoms with Crippen LogP contribution in [0, 0.1) is 0 Å². The summed E-state index contributed by atoms with van der Waals surface area (Å²) < 4.78 is 10.7. The maximum Gasteiger partial charge on any atom is 0.243 e. The van der Waals surface area contributed by atoms with Crippen LogP contribution in [0.2, 0.25) is 0 Å². The molecule has 2 atom stereocenters. The van der Waals surface area contributed by atoms with Crippen molar-refractivity contribution in [2.24, 2.45) is 0 Å². The van der Waals surface area contributed by atoms with Crippen LogP contribution in [-0.4, -0.2) is 65.9 Å². The van der Waals surface area contributed by atoms with E-state index in [0.29, 0.717) is 12.0 Å². The molecule has 1 aliphatic carbocycles. The molecule has 0 amide bonds. The molecule has 1 aromatic rings. The minimum absolute atomic E-state index is 0.206. The fourth-order valence-corrected chi connectivity index (χ4v) is 3.00. The zero-order chi connectivity index (χ0) is 14.8. The molecule has 2 heterocycles. The monoisotopic (exact) mass is 294 g/mol. The van der Waals surface area contributed by atoms with Crippen LogP contribution in [0.4, 0.5) is 0 Å². The van der Waals surface area contributed by atoms with Gasteiger partial charge in [-0.05, 0) is 26.7 Å². The van der Waals surface area contributed by atoms with E-state index in [0.717, 1.165) is 44.5 Å². The Balaban J connectivity index is 1.56. The van der Waals surface area contributed by atoms with Crippen molar-refractivity contribution in [1.82, 2.24) is 19.9 Å². The van der Waals surface area contributed by atoms with Gasteiger partial charge in [-0.3, -0.25) is 9.80 Å². The molecular weight excluding hydrogens is 268 g/mol. The summed E-state index contributed by atoms with van der Waals surface area (Å²) >= 11 is 0. The third-order valence-corrected chi connectivity index (χ3v) is 4.68. The summed E-state index contributed by atoms with van der Waals surface area (Å²) in [5.41, 5.74) is 0. The van der Waals surface area contributed by atoms with E-state index in [1.165, 1.54) is 12.8 Å². The lowest BCUT2D eigenvalue weighted by Crippen LogP contribution is -2.53. The van der Waals surface area contributed by atoms with Gasteiger partial charge in [-0.15, -0.1) is 0 Å². The Bertz CT molecular complexity index is 460. The molecule has 0 bridgehead atoms. The Morgan fingerprint density at radius 3 is 2.86 bits per heavy atom. The molecule has 3 rings (SSSR count). The fourth-order valence-electron chi connectivity index (χ4n) is 3.00. The Labute approximate surface area is 126 Å². The zero-order valence-electron chi connectivity index (χ0n) is 13.3. The fraction of sp³-hybridized carbons (Fsp3) is 0.867. The van der Waals surface area contributed by atoms with Crippen molar-refractivity contribution in [3.63, 3.8) is 0 Å². The number of nitrogens with zero attached hydrogens (tertiary/aromatic N) is 4. The topological polar surface area (TPSA) is 54.6 Å². The smallest absolute Gasteiger partial charge is 0.243 e. The Kier molecular flexibility index (Phi) is 4.57. The lowest BCUT2D eigenvalue weighted by atomic mass is 10.1. The second-order valence-corrected chi connectivity index (χ2v) is 6.31. The lowest BCUT2D eigenvalue weighted by Gasteiger charge is -2.41. The number of aromatic nitrogens is 2. The number of hydrogen-bond donors (Lipinski definition) is 0. The summed E-state index contributed by atoms with van der Waals surface area (Å²) in [7, 11) is 1.76. The van der Waals surface area contributed by atoms with Crippen molar-refractivity contribution in [1.29, 1.82) is 0 Å². The molecule has 0 N–H and O–H groups in total. The zero-order valence-corrected chi connectivity index (χ0v) is 13.3. The van der Waals surface area contributed by atoms with E-state index >= 15 is 0 Å². The molecule has 1 aromatic heterocycles. The van der Waals surface area contributed by atoms with E-state index < -0.39 is 0 Å². The minimum atomic E-state index is 0.206. The maximum absolute atomic E-state index is 5.47. The van der Waals surface area contributed by atoms with Crippen LogP contribution in [0.1, 0.15) is 50.4 Å². The first-order chi connectivity index (χ1) is 10.2. The third kappa shape index (κ3) is 3.44. The molecule has 1 saturated carbocycles. The van der Waals surface area contributed by atoms with Gasteiger partial charge in [0.15, 0.2) is 5.82 Å². The van der Waals surface area contributed by atoms with E-state index in [-0.39, 0.29) is 6.04 Å². The summed E-state index contributed by atoms with van der Waals surface area (Å²) in [4.78, 5) is 9.51. The van der Waals surface area contributed by atoms with Gasteiger partial charge in [0.2, 0.25) is 5.89 Å². The second-order valence-electron chi connectivity index (χ2n) is 6.31. The van der Waals surface area contributed by atoms with Gasteiger partial charge in [-0.25, -0.2) is 0 Å². The van der Waals surface area contributed by atoms with E-state index in [1.54, 1.807) is 7.11 Å². The molecule has 6 heteroatoms. The summed E-state index contributed by atoms with van der Waals surface area (Å²) in [6.07, 6.45) is 2.42. The maximum atomic E-state index is 5.47. The van der Waals surface area contributed by atoms with Gasteiger partial charge >= 0.3 is 0 Å². The van der Waals surface area contributed by atoms with Gasteiger partial charge in [0.05, 0.1) is 12.6 Å². The van der Waals surface area contributed by atoms with Crippen LogP contribution in [0.3, 0.4) is 0 Å². The van der Waals surface area contributed by atoms with Crippen LogP contribution in [0.5, 0.6) is 0 Å². The lowest BCUT2D eigenvalue weighted by molar-refractivity contribution is 0.0349. The van der Waals surface area contributed by atoms with Gasteiger partial charge in [0, 0.05) is 45.2 Å². The highest BCUT2D eigenvalue weighted by Gasteiger charge is 2.32. The first-order valence-corrected chi connectivity index (χ1v) is 7.99. The predicted molar refractivity (Wildman–Crippen MR) is 79.2 cm³/mol. The van der Waals surface area contributed by atoms with E-state index in [4.69, 9.17) is 9.26 Å². The van der Waals surface area contributed by atoms with Crippen molar-refractivity contribution in [2.75, 3.05) is 39.9 Å². The highest BCUT2D eigenvalue weighted by molar-refractivity contribution is 5.05. The molecule has 118 valence electrons. The highest BCUT2D eigenvalue weighted by Crippen LogP contribution is 2.38. The number of methoxy groups -OCH3 is 1. The van der Waals surface area contributed by atoms with Gasteiger partial charge in [-0.2, -0.15) is 4.98 Å². The minimum Gasteiger partial charge on any atom is -0.383 e. The molecule has 1 aliphatic heterocycles.